The number of carbonyl (C=O) groups is 2. The molecule has 4 heteroatoms. The molecule has 0 radical (unpaired) electrons. The Kier molecular flexibility index (Phi) is 5.60. The lowest BCUT2D eigenvalue weighted by Crippen LogP contribution is -2.48. The summed E-state index contributed by atoms with van der Waals surface area (Å²) in [6, 6.07) is 0.205. The molecule has 0 bridgehead atoms. The van der Waals surface area contributed by atoms with Crippen molar-refractivity contribution in [2.24, 2.45) is 17.3 Å². The van der Waals surface area contributed by atoms with Crippen molar-refractivity contribution in [3.8, 4) is 0 Å². The summed E-state index contributed by atoms with van der Waals surface area (Å²) in [5.74, 6) is 0.836. The Morgan fingerprint density at radius 1 is 1.10 bits per heavy atom. The standard InChI is InChI=1S/C16H30N2O2/c1-11(2)12(3)17-14(19)13-7-9-18(10-8-13)15(20)16(4,5)6/h11-13H,7-10H2,1-6H3,(H,17,19). The molecule has 0 spiro atoms. The number of nitrogens with zero attached hydrogens (tertiary/aromatic N) is 1. The van der Waals surface area contributed by atoms with Crippen LogP contribution in [0, 0.1) is 17.3 Å². The zero-order chi connectivity index (χ0) is 15.5. The van der Waals surface area contributed by atoms with Gasteiger partial charge in [-0.15, -0.1) is 0 Å². The van der Waals surface area contributed by atoms with Crippen LogP contribution in [0.1, 0.15) is 54.4 Å². The second kappa shape index (κ2) is 6.59. The van der Waals surface area contributed by atoms with E-state index in [9.17, 15) is 9.59 Å². The second-order valence-electron chi connectivity index (χ2n) is 7.36. The number of rotatable bonds is 3. The molecule has 0 aromatic heterocycles. The molecular formula is C16H30N2O2. The summed E-state index contributed by atoms with van der Waals surface area (Å²) in [5.41, 5.74) is -0.332. The maximum absolute atomic E-state index is 12.2. The van der Waals surface area contributed by atoms with Gasteiger partial charge >= 0.3 is 0 Å². The average Bonchev–Trinajstić information content (AvgIpc) is 2.36. The van der Waals surface area contributed by atoms with E-state index in [0.29, 0.717) is 19.0 Å². The van der Waals surface area contributed by atoms with Crippen molar-refractivity contribution in [1.29, 1.82) is 0 Å². The molecule has 0 aliphatic carbocycles. The van der Waals surface area contributed by atoms with Gasteiger partial charge in [0.2, 0.25) is 11.8 Å². The lowest BCUT2D eigenvalue weighted by Gasteiger charge is -2.35. The molecule has 1 saturated heterocycles. The van der Waals surface area contributed by atoms with Crippen molar-refractivity contribution in [2.75, 3.05) is 13.1 Å². The van der Waals surface area contributed by atoms with Crippen molar-refractivity contribution in [3.05, 3.63) is 0 Å². The first-order valence-electron chi connectivity index (χ1n) is 7.72. The highest BCUT2D eigenvalue weighted by Crippen LogP contribution is 2.23. The molecule has 0 aromatic rings. The van der Waals surface area contributed by atoms with Gasteiger partial charge in [-0.25, -0.2) is 0 Å². The zero-order valence-electron chi connectivity index (χ0n) is 13.8. The van der Waals surface area contributed by atoms with Crippen molar-refractivity contribution >= 4 is 11.8 Å². The first kappa shape index (κ1) is 17.0. The molecule has 20 heavy (non-hydrogen) atoms. The fourth-order valence-corrected chi connectivity index (χ4v) is 2.33. The van der Waals surface area contributed by atoms with Crippen LogP contribution < -0.4 is 5.32 Å². The van der Waals surface area contributed by atoms with E-state index < -0.39 is 0 Å². The summed E-state index contributed by atoms with van der Waals surface area (Å²) in [4.78, 5) is 26.3. The number of nitrogens with one attached hydrogen (secondary N) is 1. The molecule has 1 aliphatic heterocycles. The molecule has 0 saturated carbocycles. The fourth-order valence-electron chi connectivity index (χ4n) is 2.33. The second-order valence-corrected chi connectivity index (χ2v) is 7.36. The van der Waals surface area contributed by atoms with Crippen LogP contribution in [0.3, 0.4) is 0 Å². The third kappa shape index (κ3) is 4.50. The van der Waals surface area contributed by atoms with Crippen LogP contribution in [0.2, 0.25) is 0 Å². The molecule has 2 amide bonds. The summed E-state index contributed by atoms with van der Waals surface area (Å²) in [5, 5.41) is 3.08. The minimum Gasteiger partial charge on any atom is -0.353 e. The zero-order valence-corrected chi connectivity index (χ0v) is 13.8. The van der Waals surface area contributed by atoms with E-state index in [0.717, 1.165) is 12.8 Å². The van der Waals surface area contributed by atoms with Crippen LogP contribution in [0.5, 0.6) is 0 Å². The minimum atomic E-state index is -0.332. The highest BCUT2D eigenvalue weighted by molar-refractivity contribution is 5.82. The Bertz CT molecular complexity index is 350. The summed E-state index contributed by atoms with van der Waals surface area (Å²) in [6.07, 6.45) is 1.55. The van der Waals surface area contributed by atoms with Crippen LogP contribution in [0.15, 0.2) is 0 Å². The van der Waals surface area contributed by atoms with Crippen molar-refractivity contribution in [1.82, 2.24) is 10.2 Å². The summed E-state index contributed by atoms with van der Waals surface area (Å²) in [6.45, 7) is 13.5. The van der Waals surface area contributed by atoms with Crippen molar-refractivity contribution in [3.63, 3.8) is 0 Å². The number of hydrogen-bond acceptors (Lipinski definition) is 2. The number of likely N-dealkylation sites (tertiary alicyclic amines) is 1. The number of amides is 2. The molecule has 1 aliphatic rings. The van der Waals surface area contributed by atoms with Gasteiger partial charge in [0, 0.05) is 30.5 Å². The smallest absolute Gasteiger partial charge is 0.227 e. The van der Waals surface area contributed by atoms with E-state index in [1.807, 2.05) is 32.6 Å². The quantitative estimate of drug-likeness (QED) is 0.864. The Morgan fingerprint density at radius 2 is 1.60 bits per heavy atom. The number of carbonyl (C=O) groups excluding carboxylic acids is 2. The predicted octanol–water partition coefficient (Wildman–Crippen LogP) is 2.43. The fraction of sp³-hybridized carbons (Fsp3) is 0.875. The molecule has 1 heterocycles. The van der Waals surface area contributed by atoms with Gasteiger partial charge in [-0.1, -0.05) is 34.6 Å². The first-order valence-corrected chi connectivity index (χ1v) is 7.72. The number of hydrogen-bond donors (Lipinski definition) is 1. The van der Waals surface area contributed by atoms with Gasteiger partial charge in [0.25, 0.3) is 0 Å². The highest BCUT2D eigenvalue weighted by atomic mass is 16.2. The first-order chi connectivity index (χ1) is 9.12. The van der Waals surface area contributed by atoms with Gasteiger partial charge in [0.15, 0.2) is 0 Å². The predicted molar refractivity (Wildman–Crippen MR) is 81.2 cm³/mol. The van der Waals surface area contributed by atoms with Gasteiger partial charge in [-0.05, 0) is 25.7 Å². The summed E-state index contributed by atoms with van der Waals surface area (Å²) < 4.78 is 0. The van der Waals surface area contributed by atoms with E-state index in [4.69, 9.17) is 0 Å². The lowest BCUT2D eigenvalue weighted by molar-refractivity contribution is -0.142. The van der Waals surface area contributed by atoms with Crippen LogP contribution in [0.4, 0.5) is 0 Å². The molecule has 4 nitrogen and oxygen atoms in total. The maximum Gasteiger partial charge on any atom is 0.227 e. The van der Waals surface area contributed by atoms with Gasteiger partial charge in [0.05, 0.1) is 0 Å². The highest BCUT2D eigenvalue weighted by Gasteiger charge is 2.32. The molecule has 1 unspecified atom stereocenters. The van der Waals surface area contributed by atoms with E-state index in [1.54, 1.807) is 0 Å². The summed E-state index contributed by atoms with van der Waals surface area (Å²) in [7, 11) is 0. The van der Waals surface area contributed by atoms with E-state index in [1.165, 1.54) is 0 Å². The lowest BCUT2D eigenvalue weighted by atomic mass is 9.90. The van der Waals surface area contributed by atoms with Crippen LogP contribution in [-0.4, -0.2) is 35.8 Å². The Morgan fingerprint density at radius 3 is 2.00 bits per heavy atom. The van der Waals surface area contributed by atoms with E-state index in [2.05, 4.69) is 19.2 Å². The van der Waals surface area contributed by atoms with Crippen LogP contribution in [0.25, 0.3) is 0 Å². The van der Waals surface area contributed by atoms with Crippen LogP contribution in [-0.2, 0) is 9.59 Å². The number of piperidine rings is 1. The van der Waals surface area contributed by atoms with E-state index >= 15 is 0 Å². The molecule has 1 N–H and O–H groups in total. The Balaban J connectivity index is 2.46. The van der Waals surface area contributed by atoms with Gasteiger partial charge in [-0.2, -0.15) is 0 Å². The monoisotopic (exact) mass is 282 g/mol. The topological polar surface area (TPSA) is 49.4 Å². The third-order valence-corrected chi connectivity index (χ3v) is 4.16. The van der Waals surface area contributed by atoms with E-state index in [-0.39, 0.29) is 29.2 Å². The molecule has 1 rings (SSSR count). The van der Waals surface area contributed by atoms with Gasteiger partial charge in [-0.3, -0.25) is 9.59 Å². The SMILES string of the molecule is CC(C)C(C)NC(=O)C1CCN(C(=O)C(C)(C)C)CC1. The van der Waals surface area contributed by atoms with Crippen molar-refractivity contribution < 1.29 is 9.59 Å². The average molecular weight is 282 g/mol. The van der Waals surface area contributed by atoms with Gasteiger partial charge in [0.1, 0.15) is 0 Å². The third-order valence-electron chi connectivity index (χ3n) is 4.16. The molecule has 1 atom stereocenters. The molecule has 116 valence electrons. The molecular weight excluding hydrogens is 252 g/mol. The normalized spacial score (nSPS) is 19.1. The largest absolute Gasteiger partial charge is 0.353 e. The molecule has 0 aromatic carbocycles. The molecule has 1 fully saturated rings. The Hall–Kier alpha value is -1.06. The Labute approximate surface area is 123 Å². The minimum absolute atomic E-state index is 0.0558. The van der Waals surface area contributed by atoms with Gasteiger partial charge < -0.3 is 10.2 Å². The maximum atomic E-state index is 12.2. The van der Waals surface area contributed by atoms with Crippen LogP contribution >= 0.6 is 0 Å². The summed E-state index contributed by atoms with van der Waals surface area (Å²) >= 11 is 0. The van der Waals surface area contributed by atoms with Crippen molar-refractivity contribution in [2.45, 2.75) is 60.4 Å².